The van der Waals surface area contributed by atoms with E-state index in [1.807, 2.05) is 13.1 Å². The molecule has 0 N–H and O–H groups in total. The summed E-state index contributed by atoms with van der Waals surface area (Å²) in [5.74, 6) is 0.0387. The van der Waals surface area contributed by atoms with E-state index in [1.54, 1.807) is 10.7 Å². The maximum Gasteiger partial charge on any atom is 0.213 e. The lowest BCUT2D eigenvalue weighted by atomic mass is 10.3. The Balaban J connectivity index is 2.01. The number of aryl methyl sites for hydroxylation is 2. The number of ether oxygens (including phenoxy) is 1. The molecule has 0 aromatic carbocycles. The van der Waals surface area contributed by atoms with Crippen LogP contribution in [0.25, 0.3) is 0 Å². The molecule has 0 aliphatic heterocycles. The van der Waals surface area contributed by atoms with Crippen molar-refractivity contribution >= 4 is 0 Å². The van der Waals surface area contributed by atoms with Gasteiger partial charge in [0.1, 0.15) is 12.4 Å². The summed E-state index contributed by atoms with van der Waals surface area (Å²) in [6.45, 7) is 2.45. The first-order chi connectivity index (χ1) is 8.19. The second-order valence-corrected chi connectivity index (χ2v) is 3.71. The summed E-state index contributed by atoms with van der Waals surface area (Å²) in [5, 5.41) is 4.32. The Kier molecular flexibility index (Phi) is 3.37. The number of rotatable bonds is 4. The van der Waals surface area contributed by atoms with Crippen LogP contribution in [0.3, 0.4) is 0 Å². The number of aromatic nitrogens is 3. The molecule has 4 nitrogen and oxygen atoms in total. The summed E-state index contributed by atoms with van der Waals surface area (Å²) in [6, 6.07) is 4.83. The lowest BCUT2D eigenvalue weighted by molar-refractivity contribution is 0.293. The van der Waals surface area contributed by atoms with E-state index < -0.39 is 5.95 Å². The number of nitrogens with zero attached hydrogens (tertiary/aromatic N) is 3. The maximum atomic E-state index is 12.6. The first-order valence-corrected chi connectivity index (χ1v) is 5.45. The van der Waals surface area contributed by atoms with Gasteiger partial charge in [-0.1, -0.05) is 6.92 Å². The van der Waals surface area contributed by atoms with Crippen molar-refractivity contribution in [3.63, 3.8) is 0 Å². The third-order valence-electron chi connectivity index (χ3n) is 2.48. The average Bonchev–Trinajstić information content (AvgIpc) is 2.69. The monoisotopic (exact) mass is 235 g/mol. The molecule has 5 heteroatoms. The largest absolute Gasteiger partial charge is 0.486 e. The summed E-state index contributed by atoms with van der Waals surface area (Å²) in [5.41, 5.74) is 2.01. The highest BCUT2D eigenvalue weighted by atomic mass is 19.1. The molecular formula is C12H14FN3O. The predicted octanol–water partition coefficient (Wildman–Crippen LogP) is 2.10. The predicted molar refractivity (Wildman–Crippen MR) is 61.1 cm³/mol. The van der Waals surface area contributed by atoms with Crippen LogP contribution >= 0.6 is 0 Å². The van der Waals surface area contributed by atoms with Crippen LogP contribution in [0.5, 0.6) is 5.75 Å². The van der Waals surface area contributed by atoms with E-state index >= 15 is 0 Å². The molecule has 0 saturated heterocycles. The summed E-state index contributed by atoms with van der Waals surface area (Å²) < 4.78 is 19.9. The van der Waals surface area contributed by atoms with Gasteiger partial charge in [0.15, 0.2) is 0 Å². The summed E-state index contributed by atoms with van der Waals surface area (Å²) in [4.78, 5) is 3.52. The van der Waals surface area contributed by atoms with Crippen LogP contribution in [0.15, 0.2) is 24.4 Å². The van der Waals surface area contributed by atoms with Gasteiger partial charge in [-0.2, -0.15) is 9.49 Å². The second-order valence-electron chi connectivity index (χ2n) is 3.71. The first-order valence-electron chi connectivity index (χ1n) is 5.45. The molecule has 2 heterocycles. The quantitative estimate of drug-likeness (QED) is 0.762. The van der Waals surface area contributed by atoms with E-state index in [-0.39, 0.29) is 0 Å². The molecule has 2 aromatic rings. The minimum Gasteiger partial charge on any atom is -0.486 e. The topological polar surface area (TPSA) is 39.9 Å². The Morgan fingerprint density at radius 2 is 2.24 bits per heavy atom. The van der Waals surface area contributed by atoms with Crippen LogP contribution in [0.2, 0.25) is 0 Å². The van der Waals surface area contributed by atoms with Crippen molar-refractivity contribution in [3.8, 4) is 5.75 Å². The Morgan fingerprint density at radius 1 is 1.41 bits per heavy atom. The molecule has 0 aliphatic rings. The first kappa shape index (κ1) is 11.6. The van der Waals surface area contributed by atoms with Gasteiger partial charge in [-0.15, -0.1) is 0 Å². The van der Waals surface area contributed by atoms with Crippen molar-refractivity contribution < 1.29 is 9.13 Å². The standard InChI is InChI=1S/C12H14FN3O/c1-3-9-6-10(16(2)15-9)8-17-11-4-5-12(13)14-7-11/h4-7H,3,8H2,1-2H3. The van der Waals surface area contributed by atoms with Crippen molar-refractivity contribution in [1.82, 2.24) is 14.8 Å². The molecule has 90 valence electrons. The van der Waals surface area contributed by atoms with Crippen molar-refractivity contribution in [2.24, 2.45) is 7.05 Å². The summed E-state index contributed by atoms with van der Waals surface area (Å²) in [7, 11) is 1.88. The molecule has 0 bridgehead atoms. The van der Waals surface area contributed by atoms with E-state index in [2.05, 4.69) is 17.0 Å². The Hall–Kier alpha value is -1.91. The molecule has 0 spiro atoms. The number of hydrogen-bond donors (Lipinski definition) is 0. The van der Waals surface area contributed by atoms with Gasteiger partial charge in [0, 0.05) is 7.05 Å². The summed E-state index contributed by atoms with van der Waals surface area (Å²) in [6.07, 6.45) is 2.26. The molecule has 0 radical (unpaired) electrons. The maximum absolute atomic E-state index is 12.6. The van der Waals surface area contributed by atoms with Gasteiger partial charge in [0.2, 0.25) is 5.95 Å². The molecule has 2 aromatic heterocycles. The molecule has 0 atom stereocenters. The molecule has 0 saturated carbocycles. The van der Waals surface area contributed by atoms with Gasteiger partial charge < -0.3 is 4.74 Å². The number of hydrogen-bond acceptors (Lipinski definition) is 3. The second kappa shape index (κ2) is 4.95. The third-order valence-corrected chi connectivity index (χ3v) is 2.48. The fourth-order valence-electron chi connectivity index (χ4n) is 1.48. The van der Waals surface area contributed by atoms with Gasteiger partial charge in [-0.3, -0.25) is 4.68 Å². The lowest BCUT2D eigenvalue weighted by Gasteiger charge is -2.05. The molecule has 0 unspecified atom stereocenters. The van der Waals surface area contributed by atoms with Crippen LogP contribution in [0.1, 0.15) is 18.3 Å². The Bertz CT molecular complexity index is 493. The number of pyridine rings is 1. The molecule has 17 heavy (non-hydrogen) atoms. The van der Waals surface area contributed by atoms with Crippen molar-refractivity contribution in [2.75, 3.05) is 0 Å². The fraction of sp³-hybridized carbons (Fsp3) is 0.333. The van der Waals surface area contributed by atoms with E-state index in [4.69, 9.17) is 4.74 Å². The normalized spacial score (nSPS) is 10.5. The highest BCUT2D eigenvalue weighted by Crippen LogP contribution is 2.12. The highest BCUT2D eigenvalue weighted by Gasteiger charge is 2.04. The average molecular weight is 235 g/mol. The van der Waals surface area contributed by atoms with E-state index in [0.717, 1.165) is 17.8 Å². The van der Waals surface area contributed by atoms with Crippen molar-refractivity contribution in [3.05, 3.63) is 41.7 Å². The van der Waals surface area contributed by atoms with Gasteiger partial charge >= 0.3 is 0 Å². The van der Waals surface area contributed by atoms with Gasteiger partial charge in [-0.05, 0) is 24.6 Å². The molecule has 0 aliphatic carbocycles. The molecule has 2 rings (SSSR count). The van der Waals surface area contributed by atoms with Gasteiger partial charge in [0.05, 0.1) is 17.6 Å². The van der Waals surface area contributed by atoms with Crippen LogP contribution in [-0.4, -0.2) is 14.8 Å². The molecule has 0 fully saturated rings. The smallest absolute Gasteiger partial charge is 0.213 e. The van der Waals surface area contributed by atoms with Crippen LogP contribution in [-0.2, 0) is 20.1 Å². The SMILES string of the molecule is CCc1cc(COc2ccc(F)nc2)n(C)n1. The highest BCUT2D eigenvalue weighted by molar-refractivity contribution is 5.17. The zero-order valence-electron chi connectivity index (χ0n) is 9.85. The van der Waals surface area contributed by atoms with Crippen molar-refractivity contribution in [1.29, 1.82) is 0 Å². The van der Waals surface area contributed by atoms with Crippen LogP contribution in [0, 0.1) is 5.95 Å². The van der Waals surface area contributed by atoms with Crippen LogP contribution < -0.4 is 4.74 Å². The van der Waals surface area contributed by atoms with Crippen molar-refractivity contribution in [2.45, 2.75) is 20.0 Å². The van der Waals surface area contributed by atoms with E-state index in [9.17, 15) is 4.39 Å². The fourth-order valence-corrected chi connectivity index (χ4v) is 1.48. The Morgan fingerprint density at radius 3 is 2.82 bits per heavy atom. The minimum absolute atomic E-state index is 0.400. The van der Waals surface area contributed by atoms with Gasteiger partial charge in [-0.25, -0.2) is 4.98 Å². The molecule has 0 amide bonds. The lowest BCUT2D eigenvalue weighted by Crippen LogP contribution is -2.03. The zero-order chi connectivity index (χ0) is 12.3. The molecular weight excluding hydrogens is 221 g/mol. The van der Waals surface area contributed by atoms with E-state index in [0.29, 0.717) is 12.4 Å². The number of halogens is 1. The zero-order valence-corrected chi connectivity index (χ0v) is 9.85. The summed E-state index contributed by atoms with van der Waals surface area (Å²) >= 11 is 0. The Labute approximate surface area is 99.1 Å². The van der Waals surface area contributed by atoms with E-state index in [1.165, 1.54) is 12.3 Å². The van der Waals surface area contributed by atoms with Crippen LogP contribution in [0.4, 0.5) is 4.39 Å². The van der Waals surface area contributed by atoms with Gasteiger partial charge in [0.25, 0.3) is 0 Å². The minimum atomic E-state index is -0.508. The third kappa shape index (κ3) is 2.81.